The second-order valence-electron chi connectivity index (χ2n) is 3.44. The Morgan fingerprint density at radius 2 is 2.47 bits per heavy atom. The zero-order chi connectivity index (χ0) is 10.9. The van der Waals surface area contributed by atoms with Crippen LogP contribution in [-0.2, 0) is 11.3 Å². The first-order valence-corrected chi connectivity index (χ1v) is 5.09. The molecule has 1 rings (SSSR count). The van der Waals surface area contributed by atoms with Gasteiger partial charge < -0.3 is 15.2 Å². The van der Waals surface area contributed by atoms with Gasteiger partial charge in [0.1, 0.15) is 0 Å². The molecule has 0 aliphatic rings. The number of aliphatic hydroxyl groups is 1. The molecule has 1 atom stereocenters. The minimum atomic E-state index is -0.378. The lowest BCUT2D eigenvalue weighted by molar-refractivity contribution is 0.0594. The van der Waals surface area contributed by atoms with Crippen molar-refractivity contribution in [2.45, 2.75) is 19.1 Å². The van der Waals surface area contributed by atoms with Gasteiger partial charge in [0.2, 0.25) is 0 Å². The van der Waals surface area contributed by atoms with Gasteiger partial charge in [-0.15, -0.1) is 0 Å². The molecule has 0 fully saturated rings. The highest BCUT2D eigenvalue weighted by Crippen LogP contribution is 1.95. The normalized spacial score (nSPS) is 12.7. The number of pyridine rings is 1. The Labute approximate surface area is 90.3 Å². The van der Waals surface area contributed by atoms with Crippen molar-refractivity contribution in [2.24, 2.45) is 0 Å². The fourth-order valence-electron chi connectivity index (χ4n) is 1.28. The molecule has 0 aliphatic carbocycles. The Kier molecular flexibility index (Phi) is 5.92. The van der Waals surface area contributed by atoms with E-state index in [1.165, 1.54) is 0 Å². The predicted octanol–water partition coefficient (Wildman–Crippen LogP) is 0.569. The van der Waals surface area contributed by atoms with Crippen molar-refractivity contribution in [3.05, 3.63) is 30.1 Å². The number of aromatic nitrogens is 1. The van der Waals surface area contributed by atoms with E-state index in [4.69, 9.17) is 4.74 Å². The minimum Gasteiger partial charge on any atom is -0.391 e. The number of methoxy groups -OCH3 is 1. The number of nitrogens with zero attached hydrogens (tertiary/aromatic N) is 1. The summed E-state index contributed by atoms with van der Waals surface area (Å²) in [5.41, 5.74) is 1.15. The molecule has 0 saturated heterocycles. The molecule has 4 heteroatoms. The highest BCUT2D eigenvalue weighted by atomic mass is 16.5. The lowest BCUT2D eigenvalue weighted by Gasteiger charge is -2.09. The Balaban J connectivity index is 2.07. The molecular formula is C11H18N2O2. The lowest BCUT2D eigenvalue weighted by atomic mass is 10.2. The number of nitrogens with one attached hydrogen (secondary N) is 1. The molecule has 1 aromatic heterocycles. The standard InChI is InChI=1S/C11H18N2O2/c1-15-9-11(14)4-6-13-8-10-3-2-5-12-7-10/h2-3,5,7,11,13-14H,4,6,8-9H2,1H3. The Morgan fingerprint density at radius 1 is 1.60 bits per heavy atom. The van der Waals surface area contributed by atoms with Crippen LogP contribution in [0.25, 0.3) is 0 Å². The maximum absolute atomic E-state index is 9.37. The zero-order valence-electron chi connectivity index (χ0n) is 9.02. The molecule has 0 radical (unpaired) electrons. The van der Waals surface area contributed by atoms with Crippen LogP contribution in [-0.4, -0.2) is 36.5 Å². The summed E-state index contributed by atoms with van der Waals surface area (Å²) in [5, 5.41) is 12.6. The van der Waals surface area contributed by atoms with Gasteiger partial charge in [0.15, 0.2) is 0 Å². The van der Waals surface area contributed by atoms with E-state index < -0.39 is 0 Å². The highest BCUT2D eigenvalue weighted by Gasteiger charge is 2.01. The van der Waals surface area contributed by atoms with Gasteiger partial charge in [-0.2, -0.15) is 0 Å². The summed E-state index contributed by atoms with van der Waals surface area (Å²) in [6.07, 6.45) is 3.91. The summed E-state index contributed by atoms with van der Waals surface area (Å²) in [6, 6.07) is 3.93. The SMILES string of the molecule is COCC(O)CCNCc1cccnc1. The van der Waals surface area contributed by atoms with Crippen molar-refractivity contribution in [3.8, 4) is 0 Å². The van der Waals surface area contributed by atoms with E-state index in [1.54, 1.807) is 13.3 Å². The van der Waals surface area contributed by atoms with E-state index in [-0.39, 0.29) is 6.10 Å². The Morgan fingerprint density at radius 3 is 3.13 bits per heavy atom. The summed E-state index contributed by atoms with van der Waals surface area (Å²) in [4.78, 5) is 4.02. The van der Waals surface area contributed by atoms with Crippen LogP contribution in [0.4, 0.5) is 0 Å². The second kappa shape index (κ2) is 7.34. The molecule has 0 aliphatic heterocycles. The third-order valence-electron chi connectivity index (χ3n) is 2.07. The largest absolute Gasteiger partial charge is 0.391 e. The van der Waals surface area contributed by atoms with E-state index in [9.17, 15) is 5.11 Å². The van der Waals surface area contributed by atoms with Crippen LogP contribution in [0.3, 0.4) is 0 Å². The molecule has 84 valence electrons. The third kappa shape index (κ3) is 5.47. The molecule has 15 heavy (non-hydrogen) atoms. The molecular weight excluding hydrogens is 192 g/mol. The molecule has 1 unspecified atom stereocenters. The van der Waals surface area contributed by atoms with Crippen molar-refractivity contribution in [2.75, 3.05) is 20.3 Å². The molecule has 0 saturated carbocycles. The van der Waals surface area contributed by atoms with Crippen LogP contribution < -0.4 is 5.32 Å². The molecule has 0 aromatic carbocycles. The first-order chi connectivity index (χ1) is 7.33. The topological polar surface area (TPSA) is 54.4 Å². The summed E-state index contributed by atoms with van der Waals surface area (Å²) < 4.78 is 4.83. The van der Waals surface area contributed by atoms with E-state index in [1.807, 2.05) is 18.3 Å². The quantitative estimate of drug-likeness (QED) is 0.646. The third-order valence-corrected chi connectivity index (χ3v) is 2.07. The van der Waals surface area contributed by atoms with Gasteiger partial charge in [-0.25, -0.2) is 0 Å². The lowest BCUT2D eigenvalue weighted by Crippen LogP contribution is -2.23. The van der Waals surface area contributed by atoms with Gasteiger partial charge >= 0.3 is 0 Å². The van der Waals surface area contributed by atoms with Gasteiger partial charge in [-0.05, 0) is 24.6 Å². The minimum absolute atomic E-state index is 0.378. The van der Waals surface area contributed by atoms with E-state index >= 15 is 0 Å². The summed E-state index contributed by atoms with van der Waals surface area (Å²) >= 11 is 0. The smallest absolute Gasteiger partial charge is 0.0785 e. The molecule has 1 aromatic rings. The fraction of sp³-hybridized carbons (Fsp3) is 0.545. The molecule has 0 spiro atoms. The number of hydrogen-bond donors (Lipinski definition) is 2. The number of rotatable bonds is 7. The second-order valence-corrected chi connectivity index (χ2v) is 3.44. The summed E-state index contributed by atoms with van der Waals surface area (Å²) in [7, 11) is 1.59. The first-order valence-electron chi connectivity index (χ1n) is 5.09. The van der Waals surface area contributed by atoms with Crippen molar-refractivity contribution >= 4 is 0 Å². The fourth-order valence-corrected chi connectivity index (χ4v) is 1.28. The van der Waals surface area contributed by atoms with Crippen LogP contribution in [0.1, 0.15) is 12.0 Å². The number of aliphatic hydroxyl groups excluding tert-OH is 1. The van der Waals surface area contributed by atoms with Gasteiger partial charge in [-0.1, -0.05) is 6.07 Å². The monoisotopic (exact) mass is 210 g/mol. The number of hydrogen-bond acceptors (Lipinski definition) is 4. The predicted molar refractivity (Wildman–Crippen MR) is 58.4 cm³/mol. The first kappa shape index (κ1) is 12.1. The van der Waals surface area contributed by atoms with Gasteiger partial charge in [0.05, 0.1) is 12.7 Å². The molecule has 4 nitrogen and oxygen atoms in total. The molecule has 0 amide bonds. The average molecular weight is 210 g/mol. The average Bonchev–Trinajstić information content (AvgIpc) is 2.26. The van der Waals surface area contributed by atoms with Crippen molar-refractivity contribution in [3.63, 3.8) is 0 Å². The Hall–Kier alpha value is -0.970. The van der Waals surface area contributed by atoms with E-state index in [0.717, 1.165) is 18.7 Å². The van der Waals surface area contributed by atoms with Crippen LogP contribution in [0.15, 0.2) is 24.5 Å². The van der Waals surface area contributed by atoms with Gasteiger partial charge in [-0.3, -0.25) is 4.98 Å². The van der Waals surface area contributed by atoms with Gasteiger partial charge in [0.25, 0.3) is 0 Å². The molecule has 1 heterocycles. The van der Waals surface area contributed by atoms with E-state index in [2.05, 4.69) is 10.3 Å². The summed E-state index contributed by atoms with van der Waals surface area (Å²) in [5.74, 6) is 0. The maximum Gasteiger partial charge on any atom is 0.0785 e. The van der Waals surface area contributed by atoms with Crippen molar-refractivity contribution in [1.82, 2.24) is 10.3 Å². The molecule has 0 bridgehead atoms. The van der Waals surface area contributed by atoms with Crippen LogP contribution >= 0.6 is 0 Å². The van der Waals surface area contributed by atoms with Crippen molar-refractivity contribution in [1.29, 1.82) is 0 Å². The Bertz CT molecular complexity index is 254. The maximum atomic E-state index is 9.37. The van der Waals surface area contributed by atoms with Crippen LogP contribution in [0.5, 0.6) is 0 Å². The number of ether oxygens (including phenoxy) is 1. The van der Waals surface area contributed by atoms with Crippen LogP contribution in [0.2, 0.25) is 0 Å². The van der Waals surface area contributed by atoms with E-state index in [0.29, 0.717) is 13.0 Å². The molecule has 2 N–H and O–H groups in total. The van der Waals surface area contributed by atoms with Gasteiger partial charge in [0, 0.05) is 26.0 Å². The van der Waals surface area contributed by atoms with Crippen molar-refractivity contribution < 1.29 is 9.84 Å². The zero-order valence-corrected chi connectivity index (χ0v) is 9.02. The highest BCUT2D eigenvalue weighted by molar-refractivity contribution is 5.07. The van der Waals surface area contributed by atoms with Crippen LogP contribution in [0, 0.1) is 0 Å². The summed E-state index contributed by atoms with van der Waals surface area (Å²) in [6.45, 7) is 1.96.